The van der Waals surface area contributed by atoms with E-state index in [0.717, 1.165) is 11.3 Å². The number of halogens is 1. The number of thiazole rings is 1. The normalized spacial score (nSPS) is 14.2. The van der Waals surface area contributed by atoms with Crippen molar-refractivity contribution < 1.29 is 4.79 Å². The number of nitrogens with zero attached hydrogens (tertiary/aromatic N) is 1. The lowest BCUT2D eigenvalue weighted by Crippen LogP contribution is -2.24. The summed E-state index contributed by atoms with van der Waals surface area (Å²) in [4.78, 5) is 16.4. The summed E-state index contributed by atoms with van der Waals surface area (Å²) in [6.45, 7) is 0.493. The summed E-state index contributed by atoms with van der Waals surface area (Å²) in [6.07, 6.45) is 2.82. The molecule has 3 rings (SSSR count). The van der Waals surface area contributed by atoms with Crippen LogP contribution in [0.15, 0.2) is 29.6 Å². The van der Waals surface area contributed by atoms with Crippen molar-refractivity contribution in [2.75, 3.05) is 0 Å². The van der Waals surface area contributed by atoms with Crippen LogP contribution in [-0.4, -0.2) is 10.9 Å². The van der Waals surface area contributed by atoms with Crippen LogP contribution in [-0.2, 0) is 17.8 Å². The Morgan fingerprint density at radius 3 is 2.95 bits per heavy atom. The SMILES string of the molecule is O=C(Cc1ccccc1Cl)NCc1csc(C2CC2)n1. The van der Waals surface area contributed by atoms with Gasteiger partial charge in [0, 0.05) is 16.3 Å². The lowest BCUT2D eigenvalue weighted by Gasteiger charge is -2.05. The van der Waals surface area contributed by atoms with E-state index in [-0.39, 0.29) is 5.91 Å². The van der Waals surface area contributed by atoms with Gasteiger partial charge in [-0.1, -0.05) is 29.8 Å². The number of aromatic nitrogens is 1. The molecule has 0 unspecified atom stereocenters. The fourth-order valence-corrected chi connectivity index (χ4v) is 3.18. The molecule has 3 nitrogen and oxygen atoms in total. The Kier molecular flexibility index (Phi) is 4.03. The highest BCUT2D eigenvalue weighted by Crippen LogP contribution is 2.41. The van der Waals surface area contributed by atoms with Crippen molar-refractivity contribution in [2.45, 2.75) is 31.7 Å². The Balaban J connectivity index is 1.52. The second kappa shape index (κ2) is 5.94. The van der Waals surface area contributed by atoms with Crippen LogP contribution in [0.4, 0.5) is 0 Å². The van der Waals surface area contributed by atoms with Gasteiger partial charge in [0.1, 0.15) is 0 Å². The molecule has 104 valence electrons. The lowest BCUT2D eigenvalue weighted by atomic mass is 10.1. The minimum absolute atomic E-state index is 0.0286. The van der Waals surface area contributed by atoms with E-state index in [4.69, 9.17) is 11.6 Å². The van der Waals surface area contributed by atoms with Crippen LogP contribution in [0.2, 0.25) is 5.02 Å². The van der Waals surface area contributed by atoms with Gasteiger partial charge in [-0.15, -0.1) is 11.3 Å². The van der Waals surface area contributed by atoms with Gasteiger partial charge in [0.25, 0.3) is 0 Å². The fourth-order valence-electron chi connectivity index (χ4n) is 1.99. The molecule has 0 saturated heterocycles. The second-order valence-corrected chi connectivity index (χ2v) is 6.29. The summed E-state index contributed by atoms with van der Waals surface area (Å²) in [6, 6.07) is 7.41. The van der Waals surface area contributed by atoms with Crippen LogP contribution in [0.1, 0.15) is 35.0 Å². The molecule has 1 N–H and O–H groups in total. The van der Waals surface area contributed by atoms with Gasteiger partial charge < -0.3 is 5.32 Å². The first kappa shape index (κ1) is 13.6. The smallest absolute Gasteiger partial charge is 0.224 e. The van der Waals surface area contributed by atoms with Gasteiger partial charge in [-0.3, -0.25) is 4.79 Å². The van der Waals surface area contributed by atoms with Gasteiger partial charge in [0.2, 0.25) is 5.91 Å². The van der Waals surface area contributed by atoms with Crippen LogP contribution in [0, 0.1) is 0 Å². The minimum atomic E-state index is -0.0286. The molecule has 2 aromatic rings. The van der Waals surface area contributed by atoms with Crippen LogP contribution in [0.3, 0.4) is 0 Å². The molecule has 0 spiro atoms. The van der Waals surface area contributed by atoms with Crippen molar-refractivity contribution in [1.29, 1.82) is 0 Å². The number of carbonyl (C=O) groups is 1. The van der Waals surface area contributed by atoms with Crippen LogP contribution < -0.4 is 5.32 Å². The maximum Gasteiger partial charge on any atom is 0.224 e. The van der Waals surface area contributed by atoms with E-state index in [2.05, 4.69) is 10.3 Å². The summed E-state index contributed by atoms with van der Waals surface area (Å²) in [5.74, 6) is 0.645. The quantitative estimate of drug-likeness (QED) is 0.918. The molecule has 0 bridgehead atoms. The van der Waals surface area contributed by atoms with E-state index in [1.807, 2.05) is 23.6 Å². The molecule has 1 saturated carbocycles. The third-order valence-electron chi connectivity index (χ3n) is 3.27. The zero-order valence-electron chi connectivity index (χ0n) is 10.9. The number of rotatable bonds is 5. The van der Waals surface area contributed by atoms with Gasteiger partial charge in [0.05, 0.1) is 23.7 Å². The molecule has 20 heavy (non-hydrogen) atoms. The number of hydrogen-bond acceptors (Lipinski definition) is 3. The highest BCUT2D eigenvalue weighted by molar-refractivity contribution is 7.09. The molecule has 0 atom stereocenters. The van der Waals surface area contributed by atoms with Crippen LogP contribution in [0.5, 0.6) is 0 Å². The number of hydrogen-bond donors (Lipinski definition) is 1. The number of nitrogens with one attached hydrogen (secondary N) is 1. The monoisotopic (exact) mass is 306 g/mol. The van der Waals surface area contributed by atoms with Crippen molar-refractivity contribution in [1.82, 2.24) is 10.3 Å². The molecule has 1 aromatic carbocycles. The summed E-state index contributed by atoms with van der Waals surface area (Å²) in [5, 5.41) is 6.77. The van der Waals surface area contributed by atoms with E-state index in [1.165, 1.54) is 17.8 Å². The highest BCUT2D eigenvalue weighted by atomic mass is 35.5. The predicted octanol–water partition coefficient (Wildman–Crippen LogP) is 3.53. The summed E-state index contributed by atoms with van der Waals surface area (Å²) >= 11 is 7.73. The first-order chi connectivity index (χ1) is 9.72. The molecule has 1 aromatic heterocycles. The topological polar surface area (TPSA) is 42.0 Å². The first-order valence-corrected chi connectivity index (χ1v) is 7.92. The van der Waals surface area contributed by atoms with E-state index in [1.54, 1.807) is 17.4 Å². The third-order valence-corrected chi connectivity index (χ3v) is 4.70. The van der Waals surface area contributed by atoms with Crippen LogP contribution in [0.25, 0.3) is 0 Å². The third kappa shape index (κ3) is 3.38. The molecular weight excluding hydrogens is 292 g/mol. The van der Waals surface area contributed by atoms with Crippen molar-refractivity contribution in [3.8, 4) is 0 Å². The maximum atomic E-state index is 11.9. The van der Waals surface area contributed by atoms with Gasteiger partial charge in [-0.05, 0) is 24.5 Å². The molecule has 0 aliphatic heterocycles. The zero-order chi connectivity index (χ0) is 13.9. The van der Waals surface area contributed by atoms with Crippen molar-refractivity contribution >= 4 is 28.8 Å². The Morgan fingerprint density at radius 1 is 1.40 bits per heavy atom. The van der Waals surface area contributed by atoms with E-state index in [0.29, 0.717) is 23.9 Å². The summed E-state index contributed by atoms with van der Waals surface area (Å²) < 4.78 is 0. The second-order valence-electron chi connectivity index (χ2n) is 5.00. The van der Waals surface area contributed by atoms with Gasteiger partial charge in [0.15, 0.2) is 0 Å². The number of benzene rings is 1. The van der Waals surface area contributed by atoms with E-state index in [9.17, 15) is 4.79 Å². The fraction of sp³-hybridized carbons (Fsp3) is 0.333. The lowest BCUT2D eigenvalue weighted by molar-refractivity contribution is -0.120. The Labute approximate surface area is 127 Å². The average Bonchev–Trinajstić information content (AvgIpc) is 3.18. The summed E-state index contributed by atoms with van der Waals surface area (Å²) in [5.41, 5.74) is 1.80. The van der Waals surface area contributed by atoms with Gasteiger partial charge in [-0.2, -0.15) is 0 Å². The van der Waals surface area contributed by atoms with Crippen molar-refractivity contribution in [3.63, 3.8) is 0 Å². The Bertz CT molecular complexity index is 622. The van der Waals surface area contributed by atoms with Crippen molar-refractivity contribution in [2.24, 2.45) is 0 Å². The molecule has 1 aliphatic carbocycles. The molecule has 1 heterocycles. The van der Waals surface area contributed by atoms with Gasteiger partial charge >= 0.3 is 0 Å². The predicted molar refractivity (Wildman–Crippen MR) is 81.1 cm³/mol. The Hall–Kier alpha value is -1.39. The molecule has 1 fully saturated rings. The molecule has 1 aliphatic rings. The van der Waals surface area contributed by atoms with E-state index < -0.39 is 0 Å². The summed E-state index contributed by atoms with van der Waals surface area (Å²) in [7, 11) is 0. The number of carbonyl (C=O) groups excluding carboxylic acids is 1. The van der Waals surface area contributed by atoms with Crippen LogP contribution >= 0.6 is 22.9 Å². The maximum absolute atomic E-state index is 11.9. The van der Waals surface area contributed by atoms with E-state index >= 15 is 0 Å². The highest BCUT2D eigenvalue weighted by Gasteiger charge is 2.26. The van der Waals surface area contributed by atoms with Crippen molar-refractivity contribution in [3.05, 3.63) is 50.9 Å². The minimum Gasteiger partial charge on any atom is -0.350 e. The zero-order valence-corrected chi connectivity index (χ0v) is 12.5. The molecule has 0 radical (unpaired) electrons. The molecular formula is C15H15ClN2OS. The Morgan fingerprint density at radius 2 is 2.20 bits per heavy atom. The average molecular weight is 307 g/mol. The first-order valence-electron chi connectivity index (χ1n) is 6.67. The number of amides is 1. The van der Waals surface area contributed by atoms with Gasteiger partial charge in [-0.25, -0.2) is 4.98 Å². The standard InChI is InChI=1S/C15H15ClN2OS/c16-13-4-2-1-3-11(13)7-14(19)17-8-12-9-20-15(18-12)10-5-6-10/h1-4,9-10H,5-8H2,(H,17,19). The largest absolute Gasteiger partial charge is 0.350 e. The molecule has 5 heteroatoms. The molecule has 1 amide bonds.